The molecule has 0 saturated carbocycles. The van der Waals surface area contributed by atoms with E-state index in [1.165, 1.54) is 0 Å². The second-order valence-electron chi connectivity index (χ2n) is 5.10. The second kappa shape index (κ2) is 8.49. The number of benzene rings is 1. The third-order valence-corrected chi connectivity index (χ3v) is 3.52. The first kappa shape index (κ1) is 17.2. The maximum Gasteiger partial charge on any atom is 0.262 e. The molecular weight excluding hydrogens is 302 g/mol. The highest BCUT2D eigenvalue weighted by atomic mass is 16.5. The Kier molecular flexibility index (Phi) is 6.09. The van der Waals surface area contributed by atoms with Crippen molar-refractivity contribution in [1.82, 2.24) is 10.3 Å². The van der Waals surface area contributed by atoms with Crippen molar-refractivity contribution < 1.29 is 9.53 Å². The summed E-state index contributed by atoms with van der Waals surface area (Å²) in [7, 11) is 1.56. The van der Waals surface area contributed by atoms with Gasteiger partial charge in [0.1, 0.15) is 17.4 Å². The van der Waals surface area contributed by atoms with E-state index in [4.69, 9.17) is 4.74 Å². The maximum atomic E-state index is 12.2. The molecule has 0 unspecified atom stereocenters. The predicted octanol–water partition coefficient (Wildman–Crippen LogP) is 2.88. The van der Waals surface area contributed by atoms with Crippen molar-refractivity contribution in [2.45, 2.75) is 19.9 Å². The summed E-state index contributed by atoms with van der Waals surface area (Å²) in [6.07, 6.45) is 4.06. The number of nitrogens with one attached hydrogen (secondary N) is 1. The van der Waals surface area contributed by atoms with Crippen molar-refractivity contribution in [3.63, 3.8) is 0 Å². The minimum atomic E-state index is -0.438. The molecule has 122 valence electrons. The first-order valence-corrected chi connectivity index (χ1v) is 7.64. The number of carbonyl (C=O) groups excluding carboxylic acids is 1. The number of aromatic nitrogens is 1. The highest BCUT2D eigenvalue weighted by Gasteiger charge is 2.11. The molecule has 1 N–H and O–H groups in total. The standard InChI is InChI=1S/C19H19N3O2/c1-3-14-7-8-18(24-2)15(10-14)11-16(12-20)19(23)22-13-17-6-4-5-9-21-17/h4-11H,3,13H2,1-2H3,(H,22,23)/b16-11+. The Morgan fingerprint density at radius 3 is 2.83 bits per heavy atom. The summed E-state index contributed by atoms with van der Waals surface area (Å²) in [5, 5.41) is 12.0. The zero-order valence-corrected chi connectivity index (χ0v) is 13.7. The Morgan fingerprint density at radius 1 is 1.38 bits per heavy atom. The number of methoxy groups -OCH3 is 1. The van der Waals surface area contributed by atoms with Gasteiger partial charge in [-0.1, -0.05) is 19.1 Å². The van der Waals surface area contributed by atoms with Gasteiger partial charge in [-0.3, -0.25) is 9.78 Å². The fourth-order valence-corrected chi connectivity index (χ4v) is 2.19. The Balaban J connectivity index is 2.19. The third-order valence-electron chi connectivity index (χ3n) is 3.52. The van der Waals surface area contributed by atoms with E-state index in [-0.39, 0.29) is 12.1 Å². The van der Waals surface area contributed by atoms with Crippen molar-refractivity contribution in [3.8, 4) is 11.8 Å². The summed E-state index contributed by atoms with van der Waals surface area (Å²) in [6.45, 7) is 2.31. The van der Waals surface area contributed by atoms with Gasteiger partial charge < -0.3 is 10.1 Å². The lowest BCUT2D eigenvalue weighted by Crippen LogP contribution is -2.24. The summed E-state index contributed by atoms with van der Waals surface area (Å²) >= 11 is 0. The Hall–Kier alpha value is -3.13. The largest absolute Gasteiger partial charge is 0.496 e. The number of hydrogen-bond acceptors (Lipinski definition) is 4. The number of amides is 1. The minimum absolute atomic E-state index is 0.0254. The van der Waals surface area contributed by atoms with E-state index in [0.29, 0.717) is 11.3 Å². The molecule has 0 aliphatic heterocycles. The van der Waals surface area contributed by atoms with E-state index in [9.17, 15) is 10.1 Å². The first-order chi connectivity index (χ1) is 11.7. The van der Waals surface area contributed by atoms with Crippen molar-refractivity contribution in [3.05, 3.63) is 65.0 Å². The van der Waals surface area contributed by atoms with E-state index in [2.05, 4.69) is 10.3 Å². The van der Waals surface area contributed by atoms with E-state index in [1.54, 1.807) is 25.4 Å². The van der Waals surface area contributed by atoms with Gasteiger partial charge in [0.25, 0.3) is 5.91 Å². The summed E-state index contributed by atoms with van der Waals surface area (Å²) < 4.78 is 5.30. The molecule has 24 heavy (non-hydrogen) atoms. The molecular formula is C19H19N3O2. The topological polar surface area (TPSA) is 75.0 Å². The summed E-state index contributed by atoms with van der Waals surface area (Å²) in [5.41, 5.74) is 2.57. The molecule has 0 spiro atoms. The van der Waals surface area contributed by atoms with Crippen LogP contribution in [-0.2, 0) is 17.8 Å². The lowest BCUT2D eigenvalue weighted by atomic mass is 10.0. The van der Waals surface area contributed by atoms with Crippen LogP contribution in [0.3, 0.4) is 0 Å². The Morgan fingerprint density at radius 2 is 2.21 bits per heavy atom. The number of nitrogens with zero attached hydrogens (tertiary/aromatic N) is 2. The van der Waals surface area contributed by atoms with Gasteiger partial charge in [-0.2, -0.15) is 5.26 Å². The van der Waals surface area contributed by atoms with Crippen LogP contribution in [0.15, 0.2) is 48.2 Å². The molecule has 0 saturated heterocycles. The van der Waals surface area contributed by atoms with Crippen LogP contribution < -0.4 is 10.1 Å². The number of carbonyl (C=O) groups is 1. The molecule has 2 aromatic rings. The molecule has 0 atom stereocenters. The second-order valence-corrected chi connectivity index (χ2v) is 5.10. The minimum Gasteiger partial charge on any atom is -0.496 e. The highest BCUT2D eigenvalue weighted by molar-refractivity contribution is 6.01. The fourth-order valence-electron chi connectivity index (χ4n) is 2.19. The van der Waals surface area contributed by atoms with Gasteiger partial charge in [0.05, 0.1) is 19.3 Å². The molecule has 1 heterocycles. The lowest BCUT2D eigenvalue weighted by molar-refractivity contribution is -0.117. The average molecular weight is 321 g/mol. The third kappa shape index (κ3) is 4.43. The molecule has 5 nitrogen and oxygen atoms in total. The van der Waals surface area contributed by atoms with Crippen molar-refractivity contribution in [2.24, 2.45) is 0 Å². The van der Waals surface area contributed by atoms with Crippen molar-refractivity contribution in [1.29, 1.82) is 5.26 Å². The molecule has 5 heteroatoms. The molecule has 2 rings (SSSR count). The molecule has 0 fully saturated rings. The number of ether oxygens (including phenoxy) is 1. The number of rotatable bonds is 6. The molecule has 0 aliphatic carbocycles. The molecule has 0 bridgehead atoms. The average Bonchev–Trinajstić information content (AvgIpc) is 2.64. The Labute approximate surface area is 141 Å². The Bertz CT molecular complexity index is 777. The van der Waals surface area contributed by atoms with Gasteiger partial charge in [-0.15, -0.1) is 0 Å². The highest BCUT2D eigenvalue weighted by Crippen LogP contribution is 2.23. The van der Waals surface area contributed by atoms with E-state index in [1.807, 2.05) is 43.3 Å². The van der Waals surface area contributed by atoms with Crippen LogP contribution >= 0.6 is 0 Å². The van der Waals surface area contributed by atoms with Crippen LogP contribution in [0.1, 0.15) is 23.7 Å². The van der Waals surface area contributed by atoms with Crippen molar-refractivity contribution in [2.75, 3.05) is 7.11 Å². The van der Waals surface area contributed by atoms with Crippen LogP contribution in [0.4, 0.5) is 0 Å². The molecule has 1 aromatic carbocycles. The zero-order chi connectivity index (χ0) is 17.4. The van der Waals surface area contributed by atoms with E-state index < -0.39 is 5.91 Å². The van der Waals surface area contributed by atoms with E-state index in [0.717, 1.165) is 17.7 Å². The van der Waals surface area contributed by atoms with Gasteiger partial charge in [0, 0.05) is 11.8 Å². The number of nitriles is 1. The zero-order valence-electron chi connectivity index (χ0n) is 13.7. The normalized spacial score (nSPS) is 10.8. The van der Waals surface area contributed by atoms with Crippen LogP contribution in [0.2, 0.25) is 0 Å². The van der Waals surface area contributed by atoms with Crippen molar-refractivity contribution >= 4 is 12.0 Å². The van der Waals surface area contributed by atoms with Crippen LogP contribution in [0, 0.1) is 11.3 Å². The lowest BCUT2D eigenvalue weighted by Gasteiger charge is -2.08. The number of aryl methyl sites for hydroxylation is 1. The van der Waals surface area contributed by atoms with Crippen LogP contribution in [0.5, 0.6) is 5.75 Å². The fraction of sp³-hybridized carbons (Fsp3) is 0.211. The van der Waals surface area contributed by atoms with E-state index >= 15 is 0 Å². The van der Waals surface area contributed by atoms with Gasteiger partial charge in [-0.25, -0.2) is 0 Å². The number of hydrogen-bond donors (Lipinski definition) is 1. The first-order valence-electron chi connectivity index (χ1n) is 7.64. The van der Waals surface area contributed by atoms with Gasteiger partial charge in [0.15, 0.2) is 0 Å². The predicted molar refractivity (Wildman–Crippen MR) is 92.0 cm³/mol. The molecule has 1 aromatic heterocycles. The summed E-state index contributed by atoms with van der Waals surface area (Å²) in [6, 6.07) is 13.1. The summed E-state index contributed by atoms with van der Waals surface area (Å²) in [4.78, 5) is 16.4. The molecule has 0 aliphatic rings. The SMILES string of the molecule is CCc1ccc(OC)c(/C=C(\C#N)C(=O)NCc2ccccn2)c1. The smallest absolute Gasteiger partial charge is 0.262 e. The monoisotopic (exact) mass is 321 g/mol. The molecule has 0 radical (unpaired) electrons. The van der Waals surface area contributed by atoms with Gasteiger partial charge in [-0.05, 0) is 42.3 Å². The van der Waals surface area contributed by atoms with Crippen LogP contribution in [0.25, 0.3) is 6.08 Å². The summed E-state index contributed by atoms with van der Waals surface area (Å²) in [5.74, 6) is 0.185. The van der Waals surface area contributed by atoms with Gasteiger partial charge in [0.2, 0.25) is 0 Å². The van der Waals surface area contributed by atoms with Crippen LogP contribution in [-0.4, -0.2) is 18.0 Å². The number of pyridine rings is 1. The maximum absolute atomic E-state index is 12.2. The molecule has 1 amide bonds. The van der Waals surface area contributed by atoms with Gasteiger partial charge >= 0.3 is 0 Å². The quantitative estimate of drug-likeness (QED) is 0.656.